The summed E-state index contributed by atoms with van der Waals surface area (Å²) in [6, 6.07) is 5.10. The van der Waals surface area contributed by atoms with Crippen LogP contribution in [0.3, 0.4) is 0 Å². The number of hydrogen-bond acceptors (Lipinski definition) is 2. The summed E-state index contributed by atoms with van der Waals surface area (Å²) in [5.74, 6) is 0.306. The Kier molecular flexibility index (Phi) is 1.32. The van der Waals surface area contributed by atoms with Crippen LogP contribution >= 0.6 is 0 Å². The lowest BCUT2D eigenvalue weighted by atomic mass is 10.5. The van der Waals surface area contributed by atoms with E-state index in [1.165, 1.54) is 6.92 Å². The molecule has 48 valence electrons. The number of nitrogens with zero attached hydrogens (tertiary/aromatic N) is 1. The van der Waals surface area contributed by atoms with Crippen molar-refractivity contribution in [2.45, 2.75) is 6.92 Å². The number of rotatable bonds is 2. The Hall–Kier alpha value is -1.05. The Morgan fingerprint density at radius 1 is 1.78 bits per heavy atom. The van der Waals surface area contributed by atoms with Gasteiger partial charge in [-0.25, -0.2) is 4.98 Å². The standard InChI is InChI=1S/C7H9NO/c1-2-9-7-5-3-4-6-8-7/h3-6H,2H2,1H3/i2D2. The van der Waals surface area contributed by atoms with Crippen LogP contribution in [0.15, 0.2) is 24.4 Å². The zero-order valence-electron chi connectivity index (χ0n) is 7.16. The van der Waals surface area contributed by atoms with Gasteiger partial charge in [0.25, 0.3) is 0 Å². The normalized spacial score (nSPS) is 13.9. The zero-order chi connectivity index (χ0) is 8.32. The molecule has 0 amide bonds. The average molecular weight is 125 g/mol. The van der Waals surface area contributed by atoms with Crippen molar-refractivity contribution in [1.29, 1.82) is 0 Å². The molecular formula is C7H9NO. The average Bonchev–Trinajstić information content (AvgIpc) is 1.85. The third-order valence-corrected chi connectivity index (χ3v) is 0.844. The summed E-state index contributed by atoms with van der Waals surface area (Å²) in [5, 5.41) is 0. The van der Waals surface area contributed by atoms with Gasteiger partial charge in [-0.05, 0) is 13.0 Å². The molecule has 2 nitrogen and oxygen atoms in total. The summed E-state index contributed by atoms with van der Waals surface area (Å²) in [6.45, 7) is -0.323. The first-order valence-electron chi connectivity index (χ1n) is 3.68. The maximum absolute atomic E-state index is 7.07. The van der Waals surface area contributed by atoms with Crippen molar-refractivity contribution in [3.63, 3.8) is 0 Å². The predicted octanol–water partition coefficient (Wildman–Crippen LogP) is 1.48. The van der Waals surface area contributed by atoms with E-state index in [2.05, 4.69) is 4.98 Å². The fourth-order valence-corrected chi connectivity index (χ4v) is 0.512. The van der Waals surface area contributed by atoms with Crippen LogP contribution in [-0.4, -0.2) is 11.5 Å². The fraction of sp³-hybridized carbons (Fsp3) is 0.286. The summed E-state index contributed by atoms with van der Waals surface area (Å²) in [6.07, 6.45) is 1.56. The quantitative estimate of drug-likeness (QED) is 0.597. The van der Waals surface area contributed by atoms with Gasteiger partial charge in [-0.2, -0.15) is 0 Å². The van der Waals surface area contributed by atoms with E-state index >= 15 is 0 Å². The van der Waals surface area contributed by atoms with Gasteiger partial charge in [-0.15, -0.1) is 0 Å². The van der Waals surface area contributed by atoms with Gasteiger partial charge in [0.1, 0.15) is 0 Å². The molecule has 0 unspecified atom stereocenters. The molecule has 0 fully saturated rings. The van der Waals surface area contributed by atoms with Crippen molar-refractivity contribution in [1.82, 2.24) is 4.98 Å². The van der Waals surface area contributed by atoms with Gasteiger partial charge in [-0.3, -0.25) is 0 Å². The summed E-state index contributed by atoms with van der Waals surface area (Å²) in [4.78, 5) is 3.80. The third kappa shape index (κ3) is 1.72. The predicted molar refractivity (Wildman–Crippen MR) is 35.4 cm³/mol. The molecule has 0 aromatic carbocycles. The molecule has 0 bridgehead atoms. The largest absolute Gasteiger partial charge is 0.478 e. The fourth-order valence-electron chi connectivity index (χ4n) is 0.512. The maximum Gasteiger partial charge on any atom is 0.213 e. The van der Waals surface area contributed by atoms with Crippen LogP contribution in [-0.2, 0) is 0 Å². The van der Waals surface area contributed by atoms with Crippen molar-refractivity contribution < 1.29 is 7.48 Å². The highest BCUT2D eigenvalue weighted by Gasteiger charge is 1.85. The molecule has 0 aliphatic carbocycles. The molecule has 0 saturated carbocycles. The molecule has 0 spiro atoms. The highest BCUT2D eigenvalue weighted by atomic mass is 16.5. The topological polar surface area (TPSA) is 22.1 Å². The van der Waals surface area contributed by atoms with E-state index in [0.717, 1.165) is 0 Å². The molecule has 0 N–H and O–H groups in total. The summed E-state index contributed by atoms with van der Waals surface area (Å²) >= 11 is 0. The molecule has 0 aliphatic rings. The molecule has 1 heterocycles. The molecule has 1 rings (SSSR count). The Labute approximate surface area is 57.3 Å². The number of aromatic nitrogens is 1. The Balaban J connectivity index is 2.66. The van der Waals surface area contributed by atoms with Crippen LogP contribution in [0, 0.1) is 0 Å². The van der Waals surface area contributed by atoms with Gasteiger partial charge in [0.2, 0.25) is 5.88 Å². The van der Waals surface area contributed by atoms with E-state index < -0.39 is 6.56 Å². The monoisotopic (exact) mass is 125 g/mol. The second-order valence-electron chi connectivity index (χ2n) is 1.47. The van der Waals surface area contributed by atoms with Gasteiger partial charge >= 0.3 is 0 Å². The van der Waals surface area contributed by atoms with Gasteiger partial charge in [0.05, 0.1) is 9.30 Å². The Morgan fingerprint density at radius 2 is 2.67 bits per heavy atom. The van der Waals surface area contributed by atoms with E-state index in [1.807, 2.05) is 0 Å². The highest BCUT2D eigenvalue weighted by Crippen LogP contribution is 2.01. The van der Waals surface area contributed by atoms with Crippen LogP contribution in [0.4, 0.5) is 0 Å². The lowest BCUT2D eigenvalue weighted by Gasteiger charge is -1.97. The van der Waals surface area contributed by atoms with Crippen molar-refractivity contribution in [2.24, 2.45) is 0 Å². The number of pyridine rings is 1. The minimum Gasteiger partial charge on any atom is -0.478 e. The first kappa shape index (κ1) is 3.88. The molecule has 1 aromatic heterocycles. The van der Waals surface area contributed by atoms with Gasteiger partial charge in [0, 0.05) is 12.3 Å². The second kappa shape index (κ2) is 3.07. The smallest absolute Gasteiger partial charge is 0.213 e. The molecule has 1 aromatic rings. The highest BCUT2D eigenvalue weighted by molar-refractivity contribution is 5.08. The van der Waals surface area contributed by atoms with Crippen LogP contribution in [0.5, 0.6) is 5.88 Å². The summed E-state index contributed by atoms with van der Waals surface area (Å²) in [7, 11) is 0. The van der Waals surface area contributed by atoms with E-state index in [1.54, 1.807) is 24.4 Å². The molecule has 9 heavy (non-hydrogen) atoms. The van der Waals surface area contributed by atoms with Gasteiger partial charge < -0.3 is 4.74 Å². The van der Waals surface area contributed by atoms with Crippen LogP contribution in [0.2, 0.25) is 0 Å². The number of hydrogen-bond donors (Lipinski definition) is 0. The van der Waals surface area contributed by atoms with E-state index in [4.69, 9.17) is 7.48 Å². The molecule has 0 radical (unpaired) electrons. The van der Waals surface area contributed by atoms with Gasteiger partial charge in [0.15, 0.2) is 0 Å². The minimum absolute atomic E-state index is 0.306. The van der Waals surface area contributed by atoms with E-state index in [0.29, 0.717) is 5.88 Å². The third-order valence-electron chi connectivity index (χ3n) is 0.844. The zero-order valence-corrected chi connectivity index (χ0v) is 5.16. The van der Waals surface area contributed by atoms with Crippen molar-refractivity contribution in [3.05, 3.63) is 24.4 Å². The van der Waals surface area contributed by atoms with Crippen molar-refractivity contribution in [2.75, 3.05) is 6.56 Å². The summed E-state index contributed by atoms with van der Waals surface area (Å²) < 4.78 is 19.0. The molecular weight excluding hydrogens is 114 g/mol. The molecule has 0 aliphatic heterocycles. The Bertz CT molecular complexity index is 220. The number of ether oxygens (including phenoxy) is 1. The molecule has 2 heteroatoms. The van der Waals surface area contributed by atoms with E-state index in [-0.39, 0.29) is 0 Å². The second-order valence-corrected chi connectivity index (χ2v) is 1.47. The van der Waals surface area contributed by atoms with Gasteiger partial charge in [-0.1, -0.05) is 6.07 Å². The molecule has 0 atom stereocenters. The van der Waals surface area contributed by atoms with Crippen LogP contribution in [0.25, 0.3) is 0 Å². The lowest BCUT2D eigenvalue weighted by Crippen LogP contribution is -1.92. The SMILES string of the molecule is [2H]C([2H])(C)Oc1ccccn1. The first-order chi connectivity index (χ1) is 5.08. The molecule has 0 saturated heterocycles. The van der Waals surface area contributed by atoms with Crippen molar-refractivity contribution in [3.8, 4) is 5.88 Å². The minimum atomic E-state index is -1.66. The van der Waals surface area contributed by atoms with Crippen LogP contribution < -0.4 is 4.74 Å². The van der Waals surface area contributed by atoms with Crippen molar-refractivity contribution >= 4 is 0 Å². The van der Waals surface area contributed by atoms with Crippen LogP contribution in [0.1, 0.15) is 9.67 Å². The van der Waals surface area contributed by atoms with E-state index in [9.17, 15) is 0 Å². The maximum atomic E-state index is 7.07. The first-order valence-corrected chi connectivity index (χ1v) is 2.68. The lowest BCUT2D eigenvalue weighted by molar-refractivity contribution is 0.327. The summed E-state index contributed by atoms with van der Waals surface area (Å²) in [5.41, 5.74) is 0. The Morgan fingerprint density at radius 3 is 3.22 bits per heavy atom.